The second-order valence-electron chi connectivity index (χ2n) is 8.96. The lowest BCUT2D eigenvalue weighted by Gasteiger charge is -2.34. The van der Waals surface area contributed by atoms with Gasteiger partial charge in [-0.25, -0.2) is 13.4 Å². The molecule has 0 spiro atoms. The highest BCUT2D eigenvalue weighted by atomic mass is 32.2. The molecule has 1 fully saturated rings. The van der Waals surface area contributed by atoms with Crippen molar-refractivity contribution in [1.29, 1.82) is 5.26 Å². The monoisotopic (exact) mass is 561 g/mol. The Bertz CT molecular complexity index is 1600. The van der Waals surface area contributed by atoms with E-state index in [-0.39, 0.29) is 22.2 Å². The molecule has 0 aliphatic heterocycles. The summed E-state index contributed by atoms with van der Waals surface area (Å²) >= 11 is 0. The Morgan fingerprint density at radius 2 is 1.87 bits per heavy atom. The average Bonchev–Trinajstić information content (AvgIpc) is 2.83. The number of carbonyl (C=O) groups is 1. The van der Waals surface area contributed by atoms with Crippen LogP contribution >= 0.6 is 0 Å². The summed E-state index contributed by atoms with van der Waals surface area (Å²) in [6.07, 6.45) is -1.84. The van der Waals surface area contributed by atoms with Crippen LogP contribution in [0.15, 0.2) is 41.3 Å². The molecule has 2 aromatic heterocycles. The smallest absolute Gasteiger partial charge is 0.435 e. The maximum absolute atomic E-state index is 13.6. The third-order valence-electron chi connectivity index (χ3n) is 6.34. The fraction of sp³-hybridized carbons (Fsp3) is 0.320. The van der Waals surface area contributed by atoms with Crippen LogP contribution in [0.4, 0.5) is 18.9 Å². The number of sulfone groups is 1. The number of carbonyl (C=O) groups excluding carboxylic acids is 1. The van der Waals surface area contributed by atoms with Crippen LogP contribution in [0.3, 0.4) is 0 Å². The molecule has 1 aromatic carbocycles. The molecule has 2 heterocycles. The lowest BCUT2D eigenvalue weighted by molar-refractivity contribution is -0.142. The van der Waals surface area contributed by atoms with Gasteiger partial charge in [-0.05, 0) is 62.1 Å². The van der Waals surface area contributed by atoms with Gasteiger partial charge in [0.2, 0.25) is 0 Å². The second kappa shape index (κ2) is 10.1. The molecular formula is C25H22F3N5O5S. The first-order valence-corrected chi connectivity index (χ1v) is 13.4. The summed E-state index contributed by atoms with van der Waals surface area (Å²) in [7, 11) is -2.32. The minimum Gasteiger partial charge on any atom is -0.478 e. The molecule has 0 radical (unpaired) electrons. The van der Waals surface area contributed by atoms with E-state index < -0.39 is 50.0 Å². The largest absolute Gasteiger partial charge is 0.478 e. The molecule has 10 nitrogen and oxygen atoms in total. The van der Waals surface area contributed by atoms with Crippen molar-refractivity contribution < 1.29 is 35.9 Å². The molecule has 0 saturated heterocycles. The minimum atomic E-state index is -4.92. The number of nitrogens with one attached hydrogen (secondary N) is 1. The van der Waals surface area contributed by atoms with Crippen LogP contribution < -0.4 is 14.8 Å². The van der Waals surface area contributed by atoms with Crippen LogP contribution in [-0.2, 0) is 21.4 Å². The predicted molar refractivity (Wildman–Crippen MR) is 131 cm³/mol. The molecule has 204 valence electrons. The van der Waals surface area contributed by atoms with Crippen LogP contribution in [0.5, 0.6) is 17.5 Å². The molecular weight excluding hydrogens is 539 g/mol. The highest BCUT2D eigenvalue weighted by Gasteiger charge is 2.41. The summed E-state index contributed by atoms with van der Waals surface area (Å²) in [5, 5.41) is 18.8. The average molecular weight is 562 g/mol. The van der Waals surface area contributed by atoms with Crippen molar-refractivity contribution in [2.24, 2.45) is 0 Å². The van der Waals surface area contributed by atoms with Crippen LogP contribution in [0.1, 0.15) is 46.6 Å². The number of aromatic nitrogens is 3. The lowest BCUT2D eigenvalue weighted by atomic mass is 9.67. The molecule has 1 N–H and O–H groups in total. The van der Waals surface area contributed by atoms with E-state index in [4.69, 9.17) is 9.47 Å². The summed E-state index contributed by atoms with van der Waals surface area (Å²) in [4.78, 5) is 17.5. The third kappa shape index (κ3) is 5.49. The van der Waals surface area contributed by atoms with E-state index in [1.54, 1.807) is 6.07 Å². The molecule has 1 aliphatic carbocycles. The number of ether oxygens (including phenoxy) is 2. The van der Waals surface area contributed by atoms with E-state index in [9.17, 15) is 31.6 Å². The van der Waals surface area contributed by atoms with Crippen molar-refractivity contribution in [2.45, 2.75) is 42.7 Å². The number of nitrogens with zero attached hydrogens (tertiary/aromatic N) is 4. The second-order valence-corrected chi connectivity index (χ2v) is 11.0. The van der Waals surface area contributed by atoms with Crippen LogP contribution in [0.25, 0.3) is 0 Å². The zero-order chi connectivity index (χ0) is 28.6. The minimum absolute atomic E-state index is 0.0181. The Morgan fingerprint density at radius 3 is 2.44 bits per heavy atom. The molecule has 1 aliphatic rings. The molecule has 39 heavy (non-hydrogen) atoms. The number of anilines is 1. The number of pyridine rings is 1. The van der Waals surface area contributed by atoms with Crippen LogP contribution in [0.2, 0.25) is 0 Å². The summed E-state index contributed by atoms with van der Waals surface area (Å²) in [6.45, 7) is 1.04. The highest BCUT2D eigenvalue weighted by molar-refractivity contribution is 7.90. The van der Waals surface area contributed by atoms with Crippen molar-refractivity contribution in [3.05, 3.63) is 58.9 Å². The molecule has 3 aromatic rings. The van der Waals surface area contributed by atoms with Gasteiger partial charge in [0.1, 0.15) is 5.56 Å². The van der Waals surface area contributed by atoms with Crippen LogP contribution in [-0.4, -0.2) is 42.9 Å². The van der Waals surface area contributed by atoms with E-state index in [0.717, 1.165) is 19.6 Å². The van der Waals surface area contributed by atoms with Gasteiger partial charge in [-0.1, -0.05) is 6.07 Å². The van der Waals surface area contributed by atoms with Gasteiger partial charge in [-0.2, -0.15) is 18.4 Å². The van der Waals surface area contributed by atoms with Gasteiger partial charge in [0.15, 0.2) is 21.3 Å². The molecule has 1 saturated carbocycles. The SMILES string of the molecule is COc1nc(C2(C#N)CCC2)ccc1Oc1nnc(C(F)(F)F)c(C)c1C(=O)Nc1cccc(S(C)(=O)=O)c1. The van der Waals surface area contributed by atoms with Gasteiger partial charge < -0.3 is 14.8 Å². The maximum Gasteiger partial charge on any atom is 0.435 e. The summed E-state index contributed by atoms with van der Waals surface area (Å²) in [6, 6.07) is 10.4. The third-order valence-corrected chi connectivity index (χ3v) is 7.45. The van der Waals surface area contributed by atoms with E-state index in [1.165, 1.54) is 37.4 Å². The van der Waals surface area contributed by atoms with Gasteiger partial charge in [-0.15, -0.1) is 10.2 Å². The Kier molecular flexibility index (Phi) is 7.22. The molecule has 0 unspecified atom stereocenters. The quantitative estimate of drug-likeness (QED) is 0.437. The standard InChI is InChI=1S/C25H22F3N5O5S/c1-14-19(21(34)30-15-6-4-7-16(12-15)39(3,35)36)23(33-32-20(14)25(26,27)28)38-17-8-9-18(31-22(17)37-2)24(13-29)10-5-11-24/h4,6-9,12H,5,10-11H2,1-3H3,(H,30,34). The number of hydrogen-bond acceptors (Lipinski definition) is 9. The first kappa shape index (κ1) is 27.8. The number of hydrogen-bond donors (Lipinski definition) is 1. The Balaban J connectivity index is 1.76. The molecule has 0 atom stereocenters. The summed E-state index contributed by atoms with van der Waals surface area (Å²) in [5.74, 6) is -1.76. The Hall–Kier alpha value is -4.25. The van der Waals surface area contributed by atoms with E-state index >= 15 is 0 Å². The first-order chi connectivity index (χ1) is 18.3. The number of benzene rings is 1. The molecule has 0 bridgehead atoms. The van der Waals surface area contributed by atoms with E-state index in [2.05, 4.69) is 26.6 Å². The van der Waals surface area contributed by atoms with Crippen molar-refractivity contribution in [3.8, 4) is 23.6 Å². The van der Waals surface area contributed by atoms with Gasteiger partial charge in [0.05, 0.1) is 29.2 Å². The first-order valence-electron chi connectivity index (χ1n) is 11.5. The number of alkyl halides is 3. The Morgan fingerprint density at radius 1 is 1.15 bits per heavy atom. The topological polar surface area (TPSA) is 144 Å². The van der Waals surface area contributed by atoms with Gasteiger partial charge in [-0.3, -0.25) is 4.79 Å². The zero-order valence-corrected chi connectivity index (χ0v) is 21.8. The van der Waals surface area contributed by atoms with Gasteiger partial charge >= 0.3 is 6.18 Å². The number of halogens is 3. The molecule has 1 amide bonds. The van der Waals surface area contributed by atoms with Crippen molar-refractivity contribution >= 4 is 21.4 Å². The fourth-order valence-corrected chi connectivity index (χ4v) is 4.75. The number of rotatable bonds is 7. The Labute approximate surface area is 221 Å². The highest BCUT2D eigenvalue weighted by Crippen LogP contribution is 2.44. The van der Waals surface area contributed by atoms with E-state index in [0.29, 0.717) is 18.5 Å². The van der Waals surface area contributed by atoms with E-state index in [1.807, 2.05) is 0 Å². The molecule has 14 heteroatoms. The zero-order valence-electron chi connectivity index (χ0n) is 21.0. The maximum atomic E-state index is 13.6. The number of methoxy groups -OCH3 is 1. The fourth-order valence-electron chi connectivity index (χ4n) is 4.08. The summed E-state index contributed by atoms with van der Waals surface area (Å²) in [5.41, 5.74) is -2.83. The summed E-state index contributed by atoms with van der Waals surface area (Å²) < 4.78 is 75.6. The van der Waals surface area contributed by atoms with Crippen molar-refractivity contribution in [1.82, 2.24) is 15.2 Å². The number of nitriles is 1. The lowest BCUT2D eigenvalue weighted by Crippen LogP contribution is -2.33. The van der Waals surface area contributed by atoms with Crippen molar-refractivity contribution in [2.75, 3.05) is 18.7 Å². The number of amides is 1. The van der Waals surface area contributed by atoms with Gasteiger partial charge in [0, 0.05) is 11.9 Å². The van der Waals surface area contributed by atoms with Gasteiger partial charge in [0.25, 0.3) is 17.7 Å². The molecule has 4 rings (SSSR count). The normalized spacial score (nSPS) is 14.6. The predicted octanol–water partition coefficient (Wildman–Crippen LogP) is 4.60. The van der Waals surface area contributed by atoms with Crippen molar-refractivity contribution in [3.63, 3.8) is 0 Å². The van der Waals surface area contributed by atoms with Crippen LogP contribution in [0, 0.1) is 18.3 Å².